The fraction of sp³-hybridized carbons (Fsp3) is 0.889. The third-order valence-corrected chi connectivity index (χ3v) is 6.14. The van der Waals surface area contributed by atoms with Crippen molar-refractivity contribution >= 4 is 11.9 Å². The molecule has 5 atom stereocenters. The van der Waals surface area contributed by atoms with Gasteiger partial charge in [0.2, 0.25) is 5.91 Å². The van der Waals surface area contributed by atoms with E-state index in [2.05, 4.69) is 20.8 Å². The van der Waals surface area contributed by atoms with E-state index in [1.54, 1.807) is 0 Å². The Labute approximate surface area is 133 Å². The molecule has 0 radical (unpaired) electrons. The maximum absolute atomic E-state index is 12.7. The molecular weight excluding hydrogens is 278 g/mol. The highest BCUT2D eigenvalue weighted by Crippen LogP contribution is 2.58. The third kappa shape index (κ3) is 2.10. The van der Waals surface area contributed by atoms with Crippen molar-refractivity contribution in [3.63, 3.8) is 0 Å². The lowest BCUT2D eigenvalue weighted by molar-refractivity contribution is -0.167. The highest BCUT2D eigenvalue weighted by molar-refractivity contribution is 5.84. The molecule has 4 heteroatoms. The van der Waals surface area contributed by atoms with Crippen LogP contribution in [0.5, 0.6) is 0 Å². The molecule has 0 aromatic heterocycles. The summed E-state index contributed by atoms with van der Waals surface area (Å²) in [5.74, 6) is 1.09. The fourth-order valence-electron chi connectivity index (χ4n) is 4.60. The first-order valence-electron chi connectivity index (χ1n) is 8.62. The van der Waals surface area contributed by atoms with Crippen molar-refractivity contribution in [1.29, 1.82) is 0 Å². The first-order chi connectivity index (χ1) is 10.1. The number of carbonyl (C=O) groups excluding carboxylic acids is 2. The molecule has 4 nitrogen and oxygen atoms in total. The van der Waals surface area contributed by atoms with E-state index in [4.69, 9.17) is 4.74 Å². The Morgan fingerprint density at radius 3 is 2.41 bits per heavy atom. The van der Waals surface area contributed by atoms with Crippen LogP contribution in [-0.2, 0) is 14.3 Å². The molecule has 1 heterocycles. The zero-order chi connectivity index (χ0) is 16.4. The van der Waals surface area contributed by atoms with Crippen molar-refractivity contribution in [2.45, 2.75) is 78.5 Å². The standard InChI is InChI=1S/C18H29NO3/c1-7-18(5,6)16(21)22-14-10-8-11-12(9-10)15(20)19(13(11)14)17(2,3)4/h10-14H,7-9H2,1-6H3. The zero-order valence-electron chi connectivity index (χ0n) is 14.7. The van der Waals surface area contributed by atoms with Crippen LogP contribution in [0.15, 0.2) is 0 Å². The van der Waals surface area contributed by atoms with Crippen LogP contribution < -0.4 is 0 Å². The maximum atomic E-state index is 12.7. The molecule has 3 fully saturated rings. The number of ether oxygens (including phenoxy) is 1. The monoisotopic (exact) mass is 307 g/mol. The Kier molecular flexibility index (Phi) is 3.39. The lowest BCUT2D eigenvalue weighted by Crippen LogP contribution is -2.53. The molecule has 2 bridgehead atoms. The first-order valence-corrected chi connectivity index (χ1v) is 8.62. The van der Waals surface area contributed by atoms with Gasteiger partial charge in [-0.15, -0.1) is 0 Å². The summed E-state index contributed by atoms with van der Waals surface area (Å²) in [5.41, 5.74) is -0.657. The fourth-order valence-corrected chi connectivity index (χ4v) is 4.60. The molecule has 0 N–H and O–H groups in total. The number of esters is 1. The normalized spacial score (nSPS) is 37.1. The summed E-state index contributed by atoms with van der Waals surface area (Å²) in [5, 5.41) is 0. The largest absolute Gasteiger partial charge is 0.459 e. The topological polar surface area (TPSA) is 46.6 Å². The molecule has 1 aliphatic heterocycles. The van der Waals surface area contributed by atoms with E-state index in [0.717, 1.165) is 19.3 Å². The van der Waals surface area contributed by atoms with E-state index >= 15 is 0 Å². The second-order valence-corrected chi connectivity index (χ2v) is 8.98. The predicted octanol–water partition coefficient (Wildman–Crippen LogP) is 3.00. The molecule has 3 aliphatic rings. The van der Waals surface area contributed by atoms with Gasteiger partial charge in [0.1, 0.15) is 6.10 Å². The van der Waals surface area contributed by atoms with Crippen molar-refractivity contribution in [3.8, 4) is 0 Å². The number of nitrogens with zero attached hydrogens (tertiary/aromatic N) is 1. The maximum Gasteiger partial charge on any atom is 0.311 e. The lowest BCUT2D eigenvalue weighted by Gasteiger charge is -2.40. The van der Waals surface area contributed by atoms with Crippen LogP contribution in [-0.4, -0.2) is 34.5 Å². The van der Waals surface area contributed by atoms with Gasteiger partial charge in [-0.25, -0.2) is 0 Å². The van der Waals surface area contributed by atoms with Gasteiger partial charge in [0.25, 0.3) is 0 Å². The minimum atomic E-state index is -0.448. The second-order valence-electron chi connectivity index (χ2n) is 8.98. The van der Waals surface area contributed by atoms with Crippen LogP contribution in [0.3, 0.4) is 0 Å². The van der Waals surface area contributed by atoms with Crippen molar-refractivity contribution in [2.75, 3.05) is 0 Å². The summed E-state index contributed by atoms with van der Waals surface area (Å²) < 4.78 is 5.97. The van der Waals surface area contributed by atoms with Crippen molar-refractivity contribution < 1.29 is 14.3 Å². The molecule has 22 heavy (non-hydrogen) atoms. The highest BCUT2D eigenvalue weighted by atomic mass is 16.5. The molecule has 0 aromatic rings. The Morgan fingerprint density at radius 1 is 1.23 bits per heavy atom. The molecule has 2 saturated carbocycles. The quantitative estimate of drug-likeness (QED) is 0.753. The molecule has 5 unspecified atom stereocenters. The minimum absolute atomic E-state index is 0.0906. The number of carbonyl (C=O) groups is 2. The number of rotatable bonds is 3. The molecule has 3 rings (SSSR count). The van der Waals surface area contributed by atoms with Gasteiger partial charge >= 0.3 is 5.97 Å². The molecule has 2 aliphatic carbocycles. The van der Waals surface area contributed by atoms with Crippen LogP contribution in [0.2, 0.25) is 0 Å². The lowest BCUT2D eigenvalue weighted by atomic mass is 9.86. The summed E-state index contributed by atoms with van der Waals surface area (Å²) in [4.78, 5) is 27.3. The minimum Gasteiger partial charge on any atom is -0.459 e. The van der Waals surface area contributed by atoms with E-state index in [1.807, 2.05) is 25.7 Å². The Hall–Kier alpha value is -1.06. The second kappa shape index (κ2) is 4.72. The molecule has 0 aromatic carbocycles. The smallest absolute Gasteiger partial charge is 0.311 e. The molecule has 0 spiro atoms. The first kappa shape index (κ1) is 15.8. The molecule has 1 saturated heterocycles. The molecule has 1 amide bonds. The number of hydrogen-bond acceptors (Lipinski definition) is 3. The van der Waals surface area contributed by atoms with Gasteiger partial charge in [-0.1, -0.05) is 6.92 Å². The van der Waals surface area contributed by atoms with Gasteiger partial charge in [-0.2, -0.15) is 0 Å². The number of likely N-dealkylation sites (tertiary alicyclic amines) is 1. The van der Waals surface area contributed by atoms with Gasteiger partial charge in [-0.05, 0) is 65.7 Å². The summed E-state index contributed by atoms with van der Waals surface area (Å²) in [6.07, 6.45) is 2.60. The number of hydrogen-bond donors (Lipinski definition) is 0. The summed E-state index contributed by atoms with van der Waals surface area (Å²) in [6.45, 7) is 12.1. The average molecular weight is 307 g/mol. The summed E-state index contributed by atoms with van der Waals surface area (Å²) in [7, 11) is 0. The van der Waals surface area contributed by atoms with Crippen molar-refractivity contribution in [1.82, 2.24) is 4.90 Å². The highest BCUT2D eigenvalue weighted by Gasteiger charge is 2.66. The van der Waals surface area contributed by atoms with Crippen LogP contribution in [0.1, 0.15) is 60.8 Å². The van der Waals surface area contributed by atoms with Crippen molar-refractivity contribution in [2.24, 2.45) is 23.2 Å². The van der Waals surface area contributed by atoms with Crippen LogP contribution in [0, 0.1) is 23.2 Å². The average Bonchev–Trinajstić information content (AvgIpc) is 3.01. The predicted molar refractivity (Wildman–Crippen MR) is 84.0 cm³/mol. The van der Waals surface area contributed by atoms with Gasteiger partial charge in [0.15, 0.2) is 0 Å². The Balaban J connectivity index is 1.86. The third-order valence-electron chi connectivity index (χ3n) is 6.14. The van der Waals surface area contributed by atoms with E-state index < -0.39 is 5.41 Å². The number of amides is 1. The van der Waals surface area contributed by atoms with Gasteiger partial charge in [0.05, 0.1) is 11.5 Å². The van der Waals surface area contributed by atoms with E-state index in [0.29, 0.717) is 11.8 Å². The number of fused-ring (bicyclic) bond motifs is 1. The summed E-state index contributed by atoms with van der Waals surface area (Å²) >= 11 is 0. The summed E-state index contributed by atoms with van der Waals surface area (Å²) in [6, 6.07) is 0.0906. The van der Waals surface area contributed by atoms with E-state index in [9.17, 15) is 9.59 Å². The van der Waals surface area contributed by atoms with E-state index in [1.165, 1.54) is 0 Å². The van der Waals surface area contributed by atoms with Gasteiger partial charge < -0.3 is 9.64 Å². The van der Waals surface area contributed by atoms with Crippen LogP contribution >= 0.6 is 0 Å². The van der Waals surface area contributed by atoms with Crippen LogP contribution in [0.4, 0.5) is 0 Å². The zero-order valence-corrected chi connectivity index (χ0v) is 14.7. The van der Waals surface area contributed by atoms with Crippen LogP contribution in [0.25, 0.3) is 0 Å². The molecule has 124 valence electrons. The molecular formula is C18H29NO3. The SMILES string of the molecule is CCC(C)(C)C(=O)OC1C2CC3C(=O)N(C(C)(C)C)C1C3C2. The van der Waals surface area contributed by atoms with Crippen molar-refractivity contribution in [3.05, 3.63) is 0 Å². The van der Waals surface area contributed by atoms with Gasteiger partial charge in [0, 0.05) is 11.5 Å². The Bertz CT molecular complexity index is 505. The van der Waals surface area contributed by atoms with E-state index in [-0.39, 0.29) is 35.5 Å². The Morgan fingerprint density at radius 2 is 1.86 bits per heavy atom. The van der Waals surface area contributed by atoms with Gasteiger partial charge in [-0.3, -0.25) is 9.59 Å².